The van der Waals surface area contributed by atoms with E-state index in [1.807, 2.05) is 6.08 Å². The van der Waals surface area contributed by atoms with E-state index in [1.165, 1.54) is 34.2 Å². The number of allylic oxidation sites excluding steroid dienone is 1. The second-order valence-electron chi connectivity index (χ2n) is 6.04. The summed E-state index contributed by atoms with van der Waals surface area (Å²) in [6.45, 7) is 0.459. The Bertz CT molecular complexity index is 833. The molecule has 1 aromatic heterocycles. The largest absolute Gasteiger partial charge is 0.442 e. The van der Waals surface area contributed by atoms with Crippen LogP contribution in [0.3, 0.4) is 0 Å². The van der Waals surface area contributed by atoms with E-state index in [9.17, 15) is 13.6 Å². The topological polar surface area (TPSA) is 60.3 Å². The molecule has 1 atom stereocenters. The molecule has 1 aromatic carbocycles. The molecule has 0 aliphatic carbocycles. The molecule has 3 heterocycles. The van der Waals surface area contributed by atoms with Gasteiger partial charge in [-0.3, -0.25) is 4.90 Å². The summed E-state index contributed by atoms with van der Waals surface area (Å²) in [6, 6.07) is 2.38. The summed E-state index contributed by atoms with van der Waals surface area (Å²) in [5.74, 6) is 0.261. The minimum absolute atomic E-state index is 0.00101. The number of cyclic esters (lactones) is 1. The average molecular weight is 378 g/mol. The van der Waals surface area contributed by atoms with Gasteiger partial charge in [-0.15, -0.1) is 0 Å². The maximum atomic E-state index is 14.6. The Morgan fingerprint density at radius 3 is 2.62 bits per heavy atom. The number of hydrogen-bond donors (Lipinski definition) is 0. The number of nitrogens with zero attached hydrogens (tertiary/aromatic N) is 4. The van der Waals surface area contributed by atoms with Crippen LogP contribution < -0.4 is 4.90 Å². The number of benzene rings is 1. The monoisotopic (exact) mass is 378 g/mol. The van der Waals surface area contributed by atoms with Crippen LogP contribution in [0.1, 0.15) is 12.0 Å². The maximum absolute atomic E-state index is 14.6. The number of thioether (sulfide) groups is 1. The van der Waals surface area contributed by atoms with E-state index < -0.39 is 23.8 Å². The summed E-state index contributed by atoms with van der Waals surface area (Å²) in [7, 11) is 0. The SMILES string of the molecule is O=C1O[C@@H](Cn2nccn2)CN1c1cc(F)c(C2=CCSCC2)c(F)c1. The van der Waals surface area contributed by atoms with Crippen molar-refractivity contribution in [3.8, 4) is 0 Å². The van der Waals surface area contributed by atoms with Crippen LogP contribution in [0.2, 0.25) is 0 Å². The second kappa shape index (κ2) is 7.06. The first-order valence-corrected chi connectivity index (χ1v) is 9.36. The van der Waals surface area contributed by atoms with Gasteiger partial charge in [-0.25, -0.2) is 13.6 Å². The number of halogens is 2. The lowest BCUT2D eigenvalue weighted by Crippen LogP contribution is -2.26. The fourth-order valence-electron chi connectivity index (χ4n) is 3.12. The van der Waals surface area contributed by atoms with E-state index in [2.05, 4.69) is 10.2 Å². The Morgan fingerprint density at radius 2 is 1.96 bits per heavy atom. The third-order valence-corrected chi connectivity index (χ3v) is 5.23. The fraction of sp³-hybridized carbons (Fsp3) is 0.353. The van der Waals surface area contributed by atoms with Crippen LogP contribution in [0.25, 0.3) is 5.57 Å². The van der Waals surface area contributed by atoms with Gasteiger partial charge in [-0.1, -0.05) is 6.08 Å². The van der Waals surface area contributed by atoms with Crippen molar-refractivity contribution in [2.24, 2.45) is 0 Å². The summed E-state index contributed by atoms with van der Waals surface area (Å²) in [5, 5.41) is 7.92. The van der Waals surface area contributed by atoms with Crippen molar-refractivity contribution in [1.82, 2.24) is 15.0 Å². The normalized spacial score (nSPS) is 20.2. The molecule has 2 aromatic rings. The maximum Gasteiger partial charge on any atom is 0.414 e. The number of amides is 1. The molecule has 6 nitrogen and oxygen atoms in total. The van der Waals surface area contributed by atoms with Gasteiger partial charge in [-0.2, -0.15) is 26.8 Å². The molecule has 1 saturated heterocycles. The second-order valence-corrected chi connectivity index (χ2v) is 7.19. The minimum atomic E-state index is -0.664. The molecule has 0 bridgehead atoms. The van der Waals surface area contributed by atoms with Crippen LogP contribution in [0.15, 0.2) is 30.6 Å². The first-order chi connectivity index (χ1) is 12.6. The van der Waals surface area contributed by atoms with Crippen molar-refractivity contribution in [3.63, 3.8) is 0 Å². The number of anilines is 1. The van der Waals surface area contributed by atoms with Gasteiger partial charge in [0, 0.05) is 11.3 Å². The summed E-state index contributed by atoms with van der Waals surface area (Å²) in [6.07, 6.45) is 4.41. The van der Waals surface area contributed by atoms with Gasteiger partial charge < -0.3 is 4.74 Å². The van der Waals surface area contributed by atoms with Crippen molar-refractivity contribution in [2.45, 2.75) is 19.1 Å². The summed E-state index contributed by atoms with van der Waals surface area (Å²) < 4.78 is 34.4. The van der Waals surface area contributed by atoms with Crippen molar-refractivity contribution in [3.05, 3.63) is 47.8 Å². The molecule has 2 aliphatic rings. The van der Waals surface area contributed by atoms with Gasteiger partial charge >= 0.3 is 6.09 Å². The predicted molar refractivity (Wildman–Crippen MR) is 93.9 cm³/mol. The van der Waals surface area contributed by atoms with Crippen LogP contribution in [0.5, 0.6) is 0 Å². The number of carbonyl (C=O) groups is 1. The van der Waals surface area contributed by atoms with E-state index in [1.54, 1.807) is 11.8 Å². The summed E-state index contributed by atoms with van der Waals surface area (Å²) >= 11 is 1.73. The lowest BCUT2D eigenvalue weighted by molar-refractivity contribution is 0.126. The molecule has 0 saturated carbocycles. The van der Waals surface area contributed by atoms with Crippen molar-refractivity contribution in [2.75, 3.05) is 23.0 Å². The van der Waals surface area contributed by atoms with Gasteiger partial charge in [0.2, 0.25) is 0 Å². The molecular weight excluding hydrogens is 362 g/mol. The van der Waals surface area contributed by atoms with E-state index in [0.717, 1.165) is 11.5 Å². The Hall–Kier alpha value is -2.42. The molecule has 1 fully saturated rings. The van der Waals surface area contributed by atoms with E-state index in [4.69, 9.17) is 4.74 Å². The van der Waals surface area contributed by atoms with Crippen LogP contribution in [-0.2, 0) is 11.3 Å². The van der Waals surface area contributed by atoms with Gasteiger partial charge in [0.15, 0.2) is 0 Å². The number of ether oxygens (including phenoxy) is 1. The molecule has 0 N–H and O–H groups in total. The van der Waals surface area contributed by atoms with Gasteiger partial charge in [0.1, 0.15) is 17.7 Å². The minimum Gasteiger partial charge on any atom is -0.442 e. The zero-order chi connectivity index (χ0) is 18.1. The number of aromatic nitrogens is 3. The number of carbonyl (C=O) groups excluding carboxylic acids is 1. The standard InChI is InChI=1S/C17H16F2N4O2S/c18-14-7-12(8-15(19)16(14)11-1-5-26-6-2-11)22-9-13(25-17(22)24)10-23-20-3-4-21-23/h1,3-4,7-8,13H,2,5-6,9-10H2/t13-/m1/s1. The third-order valence-electron chi connectivity index (χ3n) is 4.33. The third kappa shape index (κ3) is 3.31. The highest BCUT2D eigenvalue weighted by Crippen LogP contribution is 2.33. The van der Waals surface area contributed by atoms with Crippen LogP contribution >= 0.6 is 11.8 Å². The van der Waals surface area contributed by atoms with E-state index >= 15 is 0 Å². The molecule has 4 rings (SSSR count). The van der Waals surface area contributed by atoms with E-state index in [0.29, 0.717) is 12.0 Å². The molecule has 136 valence electrons. The van der Waals surface area contributed by atoms with Gasteiger partial charge in [0.05, 0.1) is 31.2 Å². The molecule has 0 spiro atoms. The van der Waals surface area contributed by atoms with Crippen LogP contribution in [-0.4, -0.2) is 45.2 Å². The predicted octanol–water partition coefficient (Wildman–Crippen LogP) is 3.10. The Labute approximate surface area is 152 Å². The first-order valence-electron chi connectivity index (χ1n) is 8.20. The number of rotatable bonds is 4. The van der Waals surface area contributed by atoms with Crippen molar-refractivity contribution in [1.29, 1.82) is 0 Å². The average Bonchev–Trinajstić information content (AvgIpc) is 3.25. The number of hydrogen-bond acceptors (Lipinski definition) is 5. The molecule has 1 amide bonds. The first kappa shape index (κ1) is 17.0. The van der Waals surface area contributed by atoms with Crippen LogP contribution in [0.4, 0.5) is 19.3 Å². The molecule has 0 unspecified atom stereocenters. The molecule has 0 radical (unpaired) electrons. The van der Waals surface area contributed by atoms with Crippen LogP contribution in [0, 0.1) is 11.6 Å². The lowest BCUT2D eigenvalue weighted by Gasteiger charge is -2.18. The highest BCUT2D eigenvalue weighted by Gasteiger charge is 2.34. The zero-order valence-electron chi connectivity index (χ0n) is 13.8. The molecule has 26 heavy (non-hydrogen) atoms. The summed E-state index contributed by atoms with van der Waals surface area (Å²) in [5.41, 5.74) is 0.825. The smallest absolute Gasteiger partial charge is 0.414 e. The van der Waals surface area contributed by atoms with Crippen molar-refractivity contribution < 1.29 is 18.3 Å². The van der Waals surface area contributed by atoms with Crippen molar-refractivity contribution >= 4 is 29.1 Å². The Balaban J connectivity index is 1.56. The lowest BCUT2D eigenvalue weighted by atomic mass is 10.0. The zero-order valence-corrected chi connectivity index (χ0v) is 14.6. The highest BCUT2D eigenvalue weighted by atomic mass is 32.2. The fourth-order valence-corrected chi connectivity index (χ4v) is 3.97. The highest BCUT2D eigenvalue weighted by molar-refractivity contribution is 7.99. The Kier molecular flexibility index (Phi) is 4.62. The molecular formula is C17H16F2N4O2S. The van der Waals surface area contributed by atoms with Gasteiger partial charge in [-0.05, 0) is 29.9 Å². The van der Waals surface area contributed by atoms with E-state index in [-0.39, 0.29) is 24.3 Å². The Morgan fingerprint density at radius 1 is 1.23 bits per heavy atom. The molecule has 2 aliphatic heterocycles. The quantitative estimate of drug-likeness (QED) is 0.818. The van der Waals surface area contributed by atoms with Gasteiger partial charge in [0.25, 0.3) is 0 Å². The summed E-state index contributed by atoms with van der Waals surface area (Å²) in [4.78, 5) is 14.8. The molecule has 9 heteroatoms.